The maximum atomic E-state index is 5.68. The predicted octanol–water partition coefficient (Wildman–Crippen LogP) is 3.53. The highest BCUT2D eigenvalue weighted by Crippen LogP contribution is 2.27. The second-order valence-corrected chi connectivity index (χ2v) is 4.38. The summed E-state index contributed by atoms with van der Waals surface area (Å²) in [6, 6.07) is 7.58. The first kappa shape index (κ1) is 11.0. The van der Waals surface area contributed by atoms with Crippen molar-refractivity contribution in [2.45, 2.75) is 6.92 Å². The molecule has 0 atom stereocenters. The summed E-state index contributed by atoms with van der Waals surface area (Å²) in [5.74, 6) is 1.45. The van der Waals surface area contributed by atoms with Gasteiger partial charge in [0.1, 0.15) is 11.5 Å². The maximum absolute atomic E-state index is 5.68. The van der Waals surface area contributed by atoms with Crippen LogP contribution in [0.1, 0.15) is 5.56 Å². The molecule has 16 heavy (non-hydrogen) atoms. The maximum Gasteiger partial charge on any atom is 0.147 e. The van der Waals surface area contributed by atoms with Crippen molar-refractivity contribution in [2.24, 2.45) is 0 Å². The Morgan fingerprint density at radius 2 is 2.06 bits per heavy atom. The summed E-state index contributed by atoms with van der Waals surface area (Å²) in [5.41, 5.74) is 7.27. The monoisotopic (exact) mass is 278 g/mol. The summed E-state index contributed by atoms with van der Waals surface area (Å²) in [6.07, 6.45) is 3.22. The molecule has 3 nitrogen and oxygen atoms in total. The topological polar surface area (TPSA) is 48.1 Å². The Morgan fingerprint density at radius 3 is 2.75 bits per heavy atom. The lowest BCUT2D eigenvalue weighted by Crippen LogP contribution is -1.91. The lowest BCUT2D eigenvalue weighted by atomic mass is 10.2. The number of pyridine rings is 1. The van der Waals surface area contributed by atoms with Crippen LogP contribution in [0.4, 0.5) is 5.69 Å². The van der Waals surface area contributed by atoms with Gasteiger partial charge in [-0.2, -0.15) is 0 Å². The molecule has 1 aromatic heterocycles. The van der Waals surface area contributed by atoms with Crippen LogP contribution >= 0.6 is 15.9 Å². The molecule has 1 aromatic carbocycles. The van der Waals surface area contributed by atoms with E-state index in [-0.39, 0.29) is 0 Å². The van der Waals surface area contributed by atoms with Gasteiger partial charge in [-0.1, -0.05) is 15.9 Å². The first-order chi connectivity index (χ1) is 7.65. The third-order valence-electron chi connectivity index (χ3n) is 2.10. The van der Waals surface area contributed by atoms with Gasteiger partial charge in [-0.15, -0.1) is 0 Å². The highest BCUT2D eigenvalue weighted by Gasteiger charge is 2.02. The van der Waals surface area contributed by atoms with Crippen LogP contribution in [0, 0.1) is 6.92 Å². The Morgan fingerprint density at radius 1 is 1.25 bits per heavy atom. The van der Waals surface area contributed by atoms with Crippen LogP contribution in [0.15, 0.2) is 41.1 Å². The number of nitrogens with zero attached hydrogens (tertiary/aromatic N) is 1. The largest absolute Gasteiger partial charge is 0.455 e. The number of rotatable bonds is 2. The fraction of sp³-hybridized carbons (Fsp3) is 0.0833. The van der Waals surface area contributed by atoms with Crippen molar-refractivity contribution in [1.82, 2.24) is 4.98 Å². The quantitative estimate of drug-likeness (QED) is 0.914. The summed E-state index contributed by atoms with van der Waals surface area (Å²) >= 11 is 3.41. The van der Waals surface area contributed by atoms with E-state index in [0.29, 0.717) is 11.4 Å². The van der Waals surface area contributed by atoms with E-state index in [2.05, 4.69) is 20.9 Å². The van der Waals surface area contributed by atoms with Crippen molar-refractivity contribution < 1.29 is 4.74 Å². The van der Waals surface area contributed by atoms with Gasteiger partial charge in [-0.05, 0) is 30.7 Å². The van der Waals surface area contributed by atoms with Gasteiger partial charge in [0.05, 0.1) is 18.1 Å². The Labute approximate surface area is 102 Å². The summed E-state index contributed by atoms with van der Waals surface area (Å²) in [7, 11) is 0. The minimum absolute atomic E-state index is 0.590. The minimum Gasteiger partial charge on any atom is -0.455 e. The SMILES string of the molecule is Cc1cc(Br)ccc1Oc1cncc(N)c1. The number of hydrogen-bond acceptors (Lipinski definition) is 3. The van der Waals surface area contributed by atoms with Gasteiger partial charge in [0.25, 0.3) is 0 Å². The highest BCUT2D eigenvalue weighted by molar-refractivity contribution is 9.10. The Hall–Kier alpha value is -1.55. The summed E-state index contributed by atoms with van der Waals surface area (Å²) < 4.78 is 6.71. The molecule has 0 aliphatic carbocycles. The average Bonchev–Trinajstić information content (AvgIpc) is 2.22. The minimum atomic E-state index is 0.590. The van der Waals surface area contributed by atoms with E-state index >= 15 is 0 Å². The fourth-order valence-corrected chi connectivity index (χ4v) is 1.82. The standard InChI is InChI=1S/C12H11BrN2O/c1-8-4-9(13)2-3-12(8)16-11-5-10(14)6-15-7-11/h2-7H,14H2,1H3. The van der Waals surface area contributed by atoms with Crippen LogP contribution in [-0.4, -0.2) is 4.98 Å². The van der Waals surface area contributed by atoms with Gasteiger partial charge >= 0.3 is 0 Å². The number of aryl methyl sites for hydroxylation is 1. The molecule has 0 saturated carbocycles. The van der Waals surface area contributed by atoms with Gasteiger partial charge in [-0.25, -0.2) is 0 Å². The number of ether oxygens (including phenoxy) is 1. The fourth-order valence-electron chi connectivity index (χ4n) is 1.35. The van der Waals surface area contributed by atoms with E-state index in [9.17, 15) is 0 Å². The molecule has 0 unspecified atom stereocenters. The smallest absolute Gasteiger partial charge is 0.147 e. The van der Waals surface area contributed by atoms with Gasteiger partial charge in [0.15, 0.2) is 0 Å². The molecule has 2 N–H and O–H groups in total. The molecule has 0 radical (unpaired) electrons. The number of halogens is 1. The summed E-state index contributed by atoms with van der Waals surface area (Å²) in [4.78, 5) is 3.97. The van der Waals surface area contributed by atoms with Crippen LogP contribution in [0.2, 0.25) is 0 Å². The lowest BCUT2D eigenvalue weighted by Gasteiger charge is -2.08. The third kappa shape index (κ3) is 2.52. The van der Waals surface area contributed by atoms with Crippen molar-refractivity contribution in [1.29, 1.82) is 0 Å². The second kappa shape index (κ2) is 4.53. The summed E-state index contributed by atoms with van der Waals surface area (Å²) in [6.45, 7) is 1.99. The molecule has 0 saturated heterocycles. The van der Waals surface area contributed by atoms with Gasteiger partial charge < -0.3 is 10.5 Å². The number of nitrogen functional groups attached to an aromatic ring is 1. The van der Waals surface area contributed by atoms with Crippen molar-refractivity contribution in [3.63, 3.8) is 0 Å². The number of nitrogens with two attached hydrogens (primary N) is 1. The first-order valence-corrected chi connectivity index (χ1v) is 5.59. The van der Waals surface area contributed by atoms with Crippen LogP contribution < -0.4 is 10.5 Å². The molecule has 2 aromatic rings. The number of hydrogen-bond donors (Lipinski definition) is 1. The highest BCUT2D eigenvalue weighted by atomic mass is 79.9. The van der Waals surface area contributed by atoms with Crippen LogP contribution in [0.5, 0.6) is 11.5 Å². The van der Waals surface area contributed by atoms with Crippen LogP contribution in [-0.2, 0) is 0 Å². The Bertz CT molecular complexity index is 514. The van der Waals surface area contributed by atoms with E-state index < -0.39 is 0 Å². The second-order valence-electron chi connectivity index (χ2n) is 3.47. The number of anilines is 1. The normalized spacial score (nSPS) is 10.1. The van der Waals surface area contributed by atoms with Crippen molar-refractivity contribution in [3.05, 3.63) is 46.7 Å². The lowest BCUT2D eigenvalue weighted by molar-refractivity contribution is 0.477. The molecule has 0 amide bonds. The first-order valence-electron chi connectivity index (χ1n) is 4.80. The zero-order valence-corrected chi connectivity index (χ0v) is 10.4. The number of benzene rings is 1. The zero-order valence-electron chi connectivity index (χ0n) is 8.77. The molecule has 0 aliphatic rings. The summed E-state index contributed by atoms with van der Waals surface area (Å²) in [5, 5.41) is 0. The molecule has 4 heteroatoms. The molecule has 0 fully saturated rings. The van der Waals surface area contributed by atoms with E-state index in [1.165, 1.54) is 0 Å². The van der Waals surface area contributed by atoms with E-state index in [1.807, 2.05) is 25.1 Å². The van der Waals surface area contributed by atoms with E-state index in [0.717, 1.165) is 15.8 Å². The molecular weight excluding hydrogens is 268 g/mol. The Kier molecular flexibility index (Phi) is 3.10. The average molecular weight is 279 g/mol. The number of aromatic nitrogens is 1. The molecule has 82 valence electrons. The van der Waals surface area contributed by atoms with Crippen molar-refractivity contribution in [2.75, 3.05) is 5.73 Å². The van der Waals surface area contributed by atoms with Gasteiger partial charge in [-0.3, -0.25) is 4.98 Å². The zero-order chi connectivity index (χ0) is 11.5. The predicted molar refractivity (Wildman–Crippen MR) is 67.6 cm³/mol. The molecule has 0 spiro atoms. The molecular formula is C12H11BrN2O. The molecule has 0 bridgehead atoms. The molecule has 1 heterocycles. The van der Waals surface area contributed by atoms with Crippen LogP contribution in [0.3, 0.4) is 0 Å². The molecule has 2 rings (SSSR count). The molecule has 0 aliphatic heterocycles. The third-order valence-corrected chi connectivity index (χ3v) is 2.59. The van der Waals surface area contributed by atoms with E-state index in [1.54, 1.807) is 18.5 Å². The van der Waals surface area contributed by atoms with Crippen molar-refractivity contribution >= 4 is 21.6 Å². The van der Waals surface area contributed by atoms with Gasteiger partial charge in [0, 0.05) is 10.5 Å². The van der Waals surface area contributed by atoms with Gasteiger partial charge in [0.2, 0.25) is 0 Å². The van der Waals surface area contributed by atoms with Crippen molar-refractivity contribution in [3.8, 4) is 11.5 Å². The van der Waals surface area contributed by atoms with Crippen LogP contribution in [0.25, 0.3) is 0 Å². The Balaban J connectivity index is 2.27. The van der Waals surface area contributed by atoms with E-state index in [4.69, 9.17) is 10.5 Å².